The number of halogens is 1. The maximum absolute atomic E-state index is 12.3. The van der Waals surface area contributed by atoms with E-state index in [2.05, 4.69) is 20.5 Å². The standard InChI is InChI=1S/C25H26FN5O2S.H2O.H2/c1-16(2)34(32)21-10-8-19(9-11-21)22-15-28-17(3)23(29-22)25-31-30-24(33-25)20-6-4-18(5-7-20)14-27-13-12-26;;/h4-11,15-16,27H,12-14H2,1-3H3;1H2;1H. The molecule has 4 rings (SSSR count). The van der Waals surface area contributed by atoms with Gasteiger partial charge < -0.3 is 15.2 Å². The predicted molar refractivity (Wildman–Crippen MR) is 136 cm³/mol. The Morgan fingerprint density at radius 3 is 2.34 bits per heavy atom. The number of hydrogen-bond acceptors (Lipinski definition) is 7. The normalized spacial score (nSPS) is 11.9. The summed E-state index contributed by atoms with van der Waals surface area (Å²) in [5.41, 5.74) is 4.52. The van der Waals surface area contributed by atoms with Crippen molar-refractivity contribution in [1.29, 1.82) is 0 Å². The highest BCUT2D eigenvalue weighted by molar-refractivity contribution is 7.85. The van der Waals surface area contributed by atoms with Crippen LogP contribution in [0.25, 0.3) is 34.3 Å². The minimum Gasteiger partial charge on any atom is -0.415 e. The molecule has 0 saturated heterocycles. The van der Waals surface area contributed by atoms with Gasteiger partial charge in [-0.2, -0.15) is 0 Å². The Labute approximate surface area is 207 Å². The van der Waals surface area contributed by atoms with Gasteiger partial charge in [-0.1, -0.05) is 38.1 Å². The van der Waals surface area contributed by atoms with E-state index in [1.807, 2.05) is 69.3 Å². The number of alkyl halides is 1. The number of aryl methyl sites for hydroxylation is 1. The molecule has 0 amide bonds. The highest BCUT2D eigenvalue weighted by atomic mass is 32.2. The highest BCUT2D eigenvalue weighted by Gasteiger charge is 2.16. The molecular weight excluding hydrogens is 469 g/mol. The van der Waals surface area contributed by atoms with Crippen LogP contribution in [0.3, 0.4) is 0 Å². The van der Waals surface area contributed by atoms with E-state index >= 15 is 0 Å². The molecular formula is C25H30FN5O3S. The van der Waals surface area contributed by atoms with Crippen LogP contribution in [-0.4, -0.2) is 48.3 Å². The number of nitrogens with zero attached hydrogens (tertiary/aromatic N) is 4. The molecule has 0 radical (unpaired) electrons. The van der Waals surface area contributed by atoms with Crippen molar-refractivity contribution in [2.45, 2.75) is 37.5 Å². The van der Waals surface area contributed by atoms with Crippen molar-refractivity contribution in [3.63, 3.8) is 0 Å². The lowest BCUT2D eigenvalue weighted by Gasteiger charge is -2.08. The van der Waals surface area contributed by atoms with E-state index in [1.165, 1.54) is 0 Å². The number of benzene rings is 2. The molecule has 3 N–H and O–H groups in total. The largest absolute Gasteiger partial charge is 0.415 e. The molecule has 0 bridgehead atoms. The van der Waals surface area contributed by atoms with E-state index in [1.54, 1.807) is 6.20 Å². The zero-order chi connectivity index (χ0) is 24.1. The van der Waals surface area contributed by atoms with Crippen molar-refractivity contribution < 1.29 is 19.9 Å². The maximum atomic E-state index is 12.3. The second-order valence-corrected chi connectivity index (χ2v) is 10.0. The lowest BCUT2D eigenvalue weighted by atomic mass is 10.1. The smallest absolute Gasteiger partial charge is 0.268 e. The summed E-state index contributed by atoms with van der Waals surface area (Å²) in [7, 11) is -1.04. The van der Waals surface area contributed by atoms with Crippen LogP contribution in [-0.2, 0) is 17.3 Å². The van der Waals surface area contributed by atoms with E-state index < -0.39 is 17.5 Å². The van der Waals surface area contributed by atoms with Gasteiger partial charge in [-0.3, -0.25) is 9.19 Å². The van der Waals surface area contributed by atoms with Crippen molar-refractivity contribution >= 4 is 10.8 Å². The van der Waals surface area contributed by atoms with Gasteiger partial charge in [0.2, 0.25) is 5.89 Å². The molecule has 0 fully saturated rings. The summed E-state index contributed by atoms with van der Waals surface area (Å²) in [5, 5.41) is 11.4. The number of rotatable bonds is 9. The summed E-state index contributed by atoms with van der Waals surface area (Å²) in [6, 6.07) is 15.1. The van der Waals surface area contributed by atoms with E-state index in [0.717, 1.165) is 21.6 Å². The molecule has 0 aliphatic rings. The van der Waals surface area contributed by atoms with Crippen LogP contribution < -0.4 is 5.32 Å². The molecule has 10 heteroatoms. The quantitative estimate of drug-likeness (QED) is 0.343. The van der Waals surface area contributed by atoms with Crippen LogP contribution in [0.1, 0.15) is 26.5 Å². The molecule has 2 heterocycles. The fourth-order valence-corrected chi connectivity index (χ4v) is 4.27. The third kappa shape index (κ3) is 6.21. The van der Waals surface area contributed by atoms with E-state index in [4.69, 9.17) is 9.40 Å². The van der Waals surface area contributed by atoms with Crippen LogP contribution in [0, 0.1) is 6.92 Å². The van der Waals surface area contributed by atoms with Gasteiger partial charge in [0.25, 0.3) is 5.89 Å². The van der Waals surface area contributed by atoms with Crippen LogP contribution in [0.2, 0.25) is 0 Å². The zero-order valence-electron chi connectivity index (χ0n) is 19.8. The Hall–Kier alpha value is -3.34. The lowest BCUT2D eigenvalue weighted by Crippen LogP contribution is -2.15. The van der Waals surface area contributed by atoms with Gasteiger partial charge in [0.1, 0.15) is 12.4 Å². The molecule has 0 saturated carbocycles. The van der Waals surface area contributed by atoms with Crippen molar-refractivity contribution in [3.8, 4) is 34.3 Å². The SMILES string of the molecule is Cc1ncc(-c2ccc(S(=O)C(C)C)cc2)nc1-c1nnc(-c2ccc(CNCCF)cc2)o1.O.[HH]. The summed E-state index contributed by atoms with van der Waals surface area (Å²) in [5.74, 6) is 0.665. The minimum atomic E-state index is -1.04. The predicted octanol–water partition coefficient (Wildman–Crippen LogP) is 4.17. The summed E-state index contributed by atoms with van der Waals surface area (Å²) in [6.45, 7) is 6.23. The molecule has 2 aromatic heterocycles. The first-order chi connectivity index (χ1) is 16.5. The zero-order valence-corrected chi connectivity index (χ0v) is 20.6. The summed E-state index contributed by atoms with van der Waals surface area (Å²) in [6.07, 6.45) is 1.69. The van der Waals surface area contributed by atoms with Crippen molar-refractivity contribution in [3.05, 3.63) is 66.0 Å². The molecule has 0 aliphatic carbocycles. The Morgan fingerprint density at radius 2 is 1.69 bits per heavy atom. The van der Waals surface area contributed by atoms with Crippen LogP contribution in [0.4, 0.5) is 4.39 Å². The van der Waals surface area contributed by atoms with Crippen LogP contribution in [0.5, 0.6) is 0 Å². The fourth-order valence-electron chi connectivity index (χ4n) is 3.32. The van der Waals surface area contributed by atoms with Gasteiger partial charge in [-0.25, -0.2) is 9.37 Å². The molecule has 1 unspecified atom stereocenters. The molecule has 4 aromatic rings. The Kier molecular flexibility index (Phi) is 8.91. The molecule has 2 aromatic carbocycles. The average Bonchev–Trinajstić information content (AvgIpc) is 3.34. The Balaban J connectivity index is 0.00000228. The van der Waals surface area contributed by atoms with Gasteiger partial charge in [0, 0.05) is 35.8 Å². The molecule has 8 nitrogen and oxygen atoms in total. The summed E-state index contributed by atoms with van der Waals surface area (Å²) < 4.78 is 30.5. The van der Waals surface area contributed by atoms with Crippen molar-refractivity contribution in [2.24, 2.45) is 0 Å². The second kappa shape index (κ2) is 11.9. The van der Waals surface area contributed by atoms with E-state index in [9.17, 15) is 8.60 Å². The third-order valence-electron chi connectivity index (χ3n) is 5.19. The van der Waals surface area contributed by atoms with Crippen molar-refractivity contribution in [1.82, 2.24) is 25.5 Å². The monoisotopic (exact) mass is 499 g/mol. The van der Waals surface area contributed by atoms with Gasteiger partial charge >= 0.3 is 0 Å². The lowest BCUT2D eigenvalue weighted by molar-refractivity contribution is 0.467. The topological polar surface area (TPSA) is 125 Å². The minimum absolute atomic E-state index is 0. The maximum Gasteiger partial charge on any atom is 0.268 e. The number of hydrogen-bond donors (Lipinski definition) is 1. The Bertz CT molecular complexity index is 1280. The summed E-state index contributed by atoms with van der Waals surface area (Å²) in [4.78, 5) is 9.96. The molecule has 0 spiro atoms. The average molecular weight is 500 g/mol. The van der Waals surface area contributed by atoms with Crippen molar-refractivity contribution in [2.75, 3.05) is 13.2 Å². The highest BCUT2D eigenvalue weighted by Crippen LogP contribution is 2.27. The van der Waals surface area contributed by atoms with Gasteiger partial charge in [-0.05, 0) is 36.8 Å². The Morgan fingerprint density at radius 1 is 1.03 bits per heavy atom. The summed E-state index contributed by atoms with van der Waals surface area (Å²) >= 11 is 0. The first-order valence-corrected chi connectivity index (χ1v) is 12.2. The number of nitrogens with one attached hydrogen (secondary N) is 1. The molecule has 1 atom stereocenters. The first-order valence-electron chi connectivity index (χ1n) is 11.0. The third-order valence-corrected chi connectivity index (χ3v) is 6.79. The first kappa shape index (κ1) is 26.3. The molecule has 35 heavy (non-hydrogen) atoms. The second-order valence-electron chi connectivity index (χ2n) is 8.03. The molecule has 186 valence electrons. The van der Waals surface area contributed by atoms with Gasteiger partial charge in [0.05, 0.1) is 28.4 Å². The van der Waals surface area contributed by atoms with Gasteiger partial charge in [-0.15, -0.1) is 10.2 Å². The molecule has 0 aliphatic heterocycles. The number of aromatic nitrogens is 4. The fraction of sp³-hybridized carbons (Fsp3) is 0.280. The van der Waals surface area contributed by atoms with Crippen LogP contribution >= 0.6 is 0 Å². The van der Waals surface area contributed by atoms with E-state index in [-0.39, 0.29) is 18.0 Å². The van der Waals surface area contributed by atoms with Crippen LogP contribution in [0.15, 0.2) is 64.0 Å². The van der Waals surface area contributed by atoms with E-state index in [0.29, 0.717) is 36.1 Å². The van der Waals surface area contributed by atoms with Gasteiger partial charge in [0.15, 0.2) is 0 Å².